The zero-order valence-electron chi connectivity index (χ0n) is 21.6. The summed E-state index contributed by atoms with van der Waals surface area (Å²) in [7, 11) is 0. The maximum atomic E-state index is 7.04. The molecule has 0 bridgehead atoms. The van der Waals surface area contributed by atoms with Crippen LogP contribution in [0.3, 0.4) is 0 Å². The lowest BCUT2D eigenvalue weighted by molar-refractivity contribution is -0.402. The van der Waals surface area contributed by atoms with Crippen molar-refractivity contribution in [2.75, 3.05) is 13.2 Å². The largest absolute Gasteiger partial charge is 0.369 e. The summed E-state index contributed by atoms with van der Waals surface area (Å²) in [5.41, 5.74) is -1.00. The van der Waals surface area contributed by atoms with Gasteiger partial charge in [-0.05, 0) is 65.7 Å². The Morgan fingerprint density at radius 2 is 1.55 bits per heavy atom. The summed E-state index contributed by atoms with van der Waals surface area (Å²) in [5, 5.41) is 0. The standard InChI is InChI=1S/C27H52O4/c1-7-10-11-15-22-28-26(9-3)25(6,31-24-17-13-12-14-18-24)19-16-20-27(26,29-21-8-2)30-23(4)5/h23-24H,7-22H2,1-6H3. The van der Waals surface area contributed by atoms with Gasteiger partial charge < -0.3 is 18.9 Å². The van der Waals surface area contributed by atoms with Crippen molar-refractivity contribution in [2.24, 2.45) is 0 Å². The molecule has 2 fully saturated rings. The molecule has 3 unspecified atom stereocenters. The van der Waals surface area contributed by atoms with Crippen LogP contribution in [-0.2, 0) is 18.9 Å². The molecule has 2 saturated carbocycles. The third kappa shape index (κ3) is 6.46. The van der Waals surface area contributed by atoms with Crippen molar-refractivity contribution >= 4 is 0 Å². The summed E-state index contributed by atoms with van der Waals surface area (Å²) in [6.07, 6.45) is 16.1. The average molecular weight is 441 g/mol. The van der Waals surface area contributed by atoms with Gasteiger partial charge >= 0.3 is 0 Å². The van der Waals surface area contributed by atoms with Crippen molar-refractivity contribution < 1.29 is 18.9 Å². The molecule has 0 radical (unpaired) electrons. The number of ether oxygens (including phenoxy) is 4. The van der Waals surface area contributed by atoms with Crippen LogP contribution in [0.1, 0.15) is 131 Å². The van der Waals surface area contributed by atoms with Gasteiger partial charge in [-0.1, -0.05) is 59.3 Å². The van der Waals surface area contributed by atoms with E-state index in [1.54, 1.807) is 0 Å². The van der Waals surface area contributed by atoms with Crippen molar-refractivity contribution in [2.45, 2.75) is 161 Å². The van der Waals surface area contributed by atoms with Gasteiger partial charge in [0.15, 0.2) is 0 Å². The van der Waals surface area contributed by atoms with Crippen molar-refractivity contribution in [1.29, 1.82) is 0 Å². The van der Waals surface area contributed by atoms with Crippen LogP contribution >= 0.6 is 0 Å². The fourth-order valence-electron chi connectivity index (χ4n) is 5.98. The van der Waals surface area contributed by atoms with E-state index in [-0.39, 0.29) is 6.10 Å². The number of rotatable bonds is 14. The van der Waals surface area contributed by atoms with Crippen LogP contribution < -0.4 is 0 Å². The van der Waals surface area contributed by atoms with Crippen LogP contribution in [0.5, 0.6) is 0 Å². The van der Waals surface area contributed by atoms with E-state index in [1.807, 2.05) is 0 Å². The van der Waals surface area contributed by atoms with Gasteiger partial charge in [-0.3, -0.25) is 0 Å². The first-order valence-electron chi connectivity index (χ1n) is 13.5. The SMILES string of the molecule is CCCCCCOC1(CC)C(C)(OC2CCCCC2)CCCC1(OCCC)OC(C)C. The summed E-state index contributed by atoms with van der Waals surface area (Å²) in [5.74, 6) is -0.752. The van der Waals surface area contributed by atoms with Gasteiger partial charge in [-0.2, -0.15) is 0 Å². The molecule has 184 valence electrons. The van der Waals surface area contributed by atoms with Gasteiger partial charge in [0.2, 0.25) is 5.79 Å². The summed E-state index contributed by atoms with van der Waals surface area (Å²) < 4.78 is 27.4. The summed E-state index contributed by atoms with van der Waals surface area (Å²) in [6, 6.07) is 0. The van der Waals surface area contributed by atoms with Crippen molar-refractivity contribution in [3.05, 3.63) is 0 Å². The van der Waals surface area contributed by atoms with E-state index in [0.29, 0.717) is 12.7 Å². The minimum absolute atomic E-state index is 0.0727. The average Bonchev–Trinajstić information content (AvgIpc) is 2.74. The molecular weight excluding hydrogens is 388 g/mol. The highest BCUT2D eigenvalue weighted by Gasteiger charge is 2.67. The molecule has 0 aromatic carbocycles. The smallest absolute Gasteiger partial charge is 0.200 e. The van der Waals surface area contributed by atoms with Gasteiger partial charge in [0.1, 0.15) is 5.60 Å². The van der Waals surface area contributed by atoms with E-state index in [4.69, 9.17) is 18.9 Å². The lowest BCUT2D eigenvalue weighted by Gasteiger charge is -2.61. The molecule has 3 atom stereocenters. The number of hydrogen-bond donors (Lipinski definition) is 0. The Bertz CT molecular complexity index is 490. The van der Waals surface area contributed by atoms with Gasteiger partial charge in [-0.15, -0.1) is 0 Å². The molecule has 0 amide bonds. The maximum absolute atomic E-state index is 7.04. The first kappa shape index (κ1) is 27.1. The van der Waals surface area contributed by atoms with Crippen LogP contribution in [0.4, 0.5) is 0 Å². The highest BCUT2D eigenvalue weighted by molar-refractivity contribution is 5.13. The normalized spacial score (nSPS) is 32.6. The van der Waals surface area contributed by atoms with E-state index in [0.717, 1.165) is 45.1 Å². The molecule has 0 spiro atoms. The molecule has 2 aliphatic carbocycles. The summed E-state index contributed by atoms with van der Waals surface area (Å²) >= 11 is 0. The maximum Gasteiger partial charge on any atom is 0.200 e. The minimum Gasteiger partial charge on any atom is -0.369 e. The van der Waals surface area contributed by atoms with Gasteiger partial charge in [-0.25, -0.2) is 0 Å². The molecule has 0 N–H and O–H groups in total. The third-order valence-corrected chi connectivity index (χ3v) is 7.42. The highest BCUT2D eigenvalue weighted by Crippen LogP contribution is 2.54. The predicted molar refractivity (Wildman–Crippen MR) is 129 cm³/mol. The lowest BCUT2D eigenvalue weighted by atomic mass is 9.66. The topological polar surface area (TPSA) is 36.9 Å². The molecule has 4 heteroatoms. The predicted octanol–water partition coefficient (Wildman–Crippen LogP) is 7.57. The Kier molecular flexibility index (Phi) is 11.3. The molecular formula is C27H52O4. The molecule has 31 heavy (non-hydrogen) atoms. The zero-order chi connectivity index (χ0) is 22.8. The monoisotopic (exact) mass is 440 g/mol. The van der Waals surface area contributed by atoms with E-state index in [1.165, 1.54) is 51.4 Å². The van der Waals surface area contributed by atoms with Crippen LogP contribution in [0.2, 0.25) is 0 Å². The van der Waals surface area contributed by atoms with E-state index < -0.39 is 17.0 Å². The minimum atomic E-state index is -0.752. The van der Waals surface area contributed by atoms with Crippen LogP contribution in [0.15, 0.2) is 0 Å². The quantitative estimate of drug-likeness (QED) is 0.206. The second-order valence-corrected chi connectivity index (χ2v) is 10.3. The van der Waals surface area contributed by atoms with E-state index >= 15 is 0 Å². The Labute approximate surface area is 193 Å². The molecule has 0 aromatic rings. The summed E-state index contributed by atoms with van der Waals surface area (Å²) in [6.45, 7) is 14.6. The lowest BCUT2D eigenvalue weighted by Crippen LogP contribution is -2.73. The Balaban J connectivity index is 2.39. The van der Waals surface area contributed by atoms with Crippen molar-refractivity contribution in [3.8, 4) is 0 Å². The highest BCUT2D eigenvalue weighted by atomic mass is 16.7. The Hall–Kier alpha value is -0.160. The number of unbranched alkanes of at least 4 members (excludes halogenated alkanes) is 3. The Morgan fingerprint density at radius 3 is 2.16 bits per heavy atom. The molecule has 0 aliphatic heterocycles. The molecule has 0 aromatic heterocycles. The van der Waals surface area contributed by atoms with E-state index in [2.05, 4.69) is 41.5 Å². The second kappa shape index (κ2) is 12.9. The van der Waals surface area contributed by atoms with Crippen LogP contribution in [0, 0.1) is 0 Å². The molecule has 0 saturated heterocycles. The zero-order valence-corrected chi connectivity index (χ0v) is 21.6. The first-order valence-corrected chi connectivity index (χ1v) is 13.5. The first-order chi connectivity index (χ1) is 14.9. The molecule has 0 heterocycles. The summed E-state index contributed by atoms with van der Waals surface area (Å²) in [4.78, 5) is 0. The second-order valence-electron chi connectivity index (χ2n) is 10.3. The van der Waals surface area contributed by atoms with Crippen molar-refractivity contribution in [3.63, 3.8) is 0 Å². The van der Waals surface area contributed by atoms with Crippen molar-refractivity contribution in [1.82, 2.24) is 0 Å². The fraction of sp³-hybridized carbons (Fsp3) is 1.00. The molecule has 2 rings (SSSR count). The third-order valence-electron chi connectivity index (χ3n) is 7.42. The molecule has 4 nitrogen and oxygen atoms in total. The Morgan fingerprint density at radius 1 is 0.806 bits per heavy atom. The van der Waals surface area contributed by atoms with Gasteiger partial charge in [0, 0.05) is 19.6 Å². The van der Waals surface area contributed by atoms with Crippen LogP contribution in [-0.4, -0.2) is 42.4 Å². The van der Waals surface area contributed by atoms with E-state index in [9.17, 15) is 0 Å². The molecule has 2 aliphatic rings. The van der Waals surface area contributed by atoms with Crippen LogP contribution in [0.25, 0.3) is 0 Å². The van der Waals surface area contributed by atoms with Gasteiger partial charge in [0.25, 0.3) is 0 Å². The van der Waals surface area contributed by atoms with Gasteiger partial charge in [0.05, 0.1) is 17.8 Å². The fourth-order valence-corrected chi connectivity index (χ4v) is 5.98. The number of hydrogen-bond acceptors (Lipinski definition) is 4.